The first-order chi connectivity index (χ1) is 11.4. The van der Waals surface area contributed by atoms with Crippen molar-refractivity contribution in [3.63, 3.8) is 0 Å². The highest BCUT2D eigenvalue weighted by atomic mass is 32.2. The number of hydrogen-bond acceptors (Lipinski definition) is 3. The number of piperidine rings is 1. The van der Waals surface area contributed by atoms with Gasteiger partial charge < -0.3 is 5.32 Å². The molecular weight excluding hydrogens is 326 g/mol. The van der Waals surface area contributed by atoms with Crippen molar-refractivity contribution in [2.24, 2.45) is 0 Å². The maximum atomic E-state index is 13.0. The van der Waals surface area contributed by atoms with Gasteiger partial charge >= 0.3 is 0 Å². The highest BCUT2D eigenvalue weighted by molar-refractivity contribution is 7.86. The van der Waals surface area contributed by atoms with Crippen molar-refractivity contribution in [2.75, 3.05) is 20.1 Å². The second kappa shape index (κ2) is 8.60. The van der Waals surface area contributed by atoms with E-state index in [0.29, 0.717) is 26.1 Å². The Morgan fingerprint density at radius 2 is 2.00 bits per heavy atom. The summed E-state index contributed by atoms with van der Waals surface area (Å²) in [4.78, 5) is 11.0. The van der Waals surface area contributed by atoms with E-state index in [1.165, 1.54) is 11.2 Å². The van der Waals surface area contributed by atoms with Gasteiger partial charge in [0.05, 0.1) is 0 Å². The molecule has 0 aromatic heterocycles. The highest BCUT2D eigenvalue weighted by Crippen LogP contribution is 2.24. The Hall–Kier alpha value is -1.44. The largest absolute Gasteiger partial charge is 0.356 e. The molecule has 6 nitrogen and oxygen atoms in total. The first-order valence-corrected chi connectivity index (χ1v) is 9.82. The Morgan fingerprint density at radius 1 is 1.29 bits per heavy atom. The zero-order chi connectivity index (χ0) is 17.6. The molecule has 1 aromatic carbocycles. The molecule has 1 aliphatic heterocycles. The fraction of sp³-hybridized carbons (Fsp3) is 0.588. The van der Waals surface area contributed by atoms with E-state index in [-0.39, 0.29) is 11.9 Å². The third kappa shape index (κ3) is 5.03. The molecule has 0 aliphatic carbocycles. The number of carbonyl (C=O) groups excluding carboxylic acids is 1. The van der Waals surface area contributed by atoms with Crippen molar-refractivity contribution in [3.8, 4) is 0 Å². The lowest BCUT2D eigenvalue weighted by molar-refractivity contribution is -0.119. The van der Waals surface area contributed by atoms with Crippen LogP contribution in [0, 0.1) is 0 Å². The fourth-order valence-electron chi connectivity index (χ4n) is 3.08. The molecule has 1 saturated heterocycles. The minimum Gasteiger partial charge on any atom is -0.356 e. The lowest BCUT2D eigenvalue weighted by Crippen LogP contribution is -2.50. The van der Waals surface area contributed by atoms with Crippen LogP contribution in [0.3, 0.4) is 0 Å². The molecule has 1 aromatic rings. The molecule has 1 amide bonds. The number of carbonyl (C=O) groups is 1. The fourth-order valence-corrected chi connectivity index (χ4v) is 4.70. The van der Waals surface area contributed by atoms with Gasteiger partial charge in [0.1, 0.15) is 0 Å². The summed E-state index contributed by atoms with van der Waals surface area (Å²) in [5, 5.41) is 2.76. The SMILES string of the molecule is CC(=O)NCC[C@H]1CCCCN1S(=O)(=O)N(C)Cc1ccccc1. The van der Waals surface area contributed by atoms with Gasteiger partial charge in [-0.3, -0.25) is 4.79 Å². The summed E-state index contributed by atoms with van der Waals surface area (Å²) in [6.07, 6.45) is 3.41. The van der Waals surface area contributed by atoms with Crippen LogP contribution in [-0.4, -0.2) is 49.1 Å². The Morgan fingerprint density at radius 3 is 2.67 bits per heavy atom. The smallest absolute Gasteiger partial charge is 0.282 e. The van der Waals surface area contributed by atoms with Crippen LogP contribution in [0.5, 0.6) is 0 Å². The van der Waals surface area contributed by atoms with Gasteiger partial charge in [0, 0.05) is 39.6 Å². The molecule has 0 radical (unpaired) electrons. The van der Waals surface area contributed by atoms with Crippen LogP contribution in [0.4, 0.5) is 0 Å². The molecule has 1 N–H and O–H groups in total. The number of nitrogens with zero attached hydrogens (tertiary/aromatic N) is 2. The first-order valence-electron chi connectivity index (χ1n) is 8.42. The Bertz CT molecular complexity index is 634. The van der Waals surface area contributed by atoms with Gasteiger partial charge in [0.15, 0.2) is 0 Å². The Balaban J connectivity index is 2.04. The third-order valence-corrected chi connectivity index (χ3v) is 6.35. The zero-order valence-corrected chi connectivity index (χ0v) is 15.3. The van der Waals surface area contributed by atoms with Crippen LogP contribution in [0.1, 0.15) is 38.2 Å². The minimum absolute atomic E-state index is 0.0474. The number of nitrogens with one attached hydrogen (secondary N) is 1. The summed E-state index contributed by atoms with van der Waals surface area (Å²) in [6.45, 7) is 2.89. The van der Waals surface area contributed by atoms with Crippen molar-refractivity contribution >= 4 is 16.1 Å². The lowest BCUT2D eigenvalue weighted by Gasteiger charge is -2.37. The predicted octanol–water partition coefficient (Wildman–Crippen LogP) is 1.74. The topological polar surface area (TPSA) is 69.7 Å². The molecule has 24 heavy (non-hydrogen) atoms. The van der Waals surface area contributed by atoms with Crippen LogP contribution < -0.4 is 5.32 Å². The predicted molar refractivity (Wildman–Crippen MR) is 94.5 cm³/mol. The summed E-state index contributed by atoms with van der Waals surface area (Å²) in [7, 11) is -1.88. The molecular formula is C17H27N3O3S. The van der Waals surface area contributed by atoms with E-state index in [2.05, 4.69) is 5.32 Å². The van der Waals surface area contributed by atoms with E-state index < -0.39 is 10.2 Å². The molecule has 1 fully saturated rings. The van der Waals surface area contributed by atoms with Gasteiger partial charge in [-0.05, 0) is 24.8 Å². The van der Waals surface area contributed by atoms with Crippen molar-refractivity contribution in [3.05, 3.63) is 35.9 Å². The van der Waals surface area contributed by atoms with E-state index in [9.17, 15) is 13.2 Å². The standard InChI is InChI=1S/C17H27N3O3S/c1-15(21)18-12-11-17-10-6-7-13-20(17)24(22,23)19(2)14-16-8-4-3-5-9-16/h3-5,8-9,17H,6-7,10-14H2,1-2H3,(H,18,21)/t17-/m1/s1. The van der Waals surface area contributed by atoms with Crippen LogP contribution >= 0.6 is 0 Å². The molecule has 7 heteroatoms. The van der Waals surface area contributed by atoms with Gasteiger partial charge in [0.25, 0.3) is 10.2 Å². The maximum Gasteiger partial charge on any atom is 0.282 e. The van der Waals surface area contributed by atoms with Crippen LogP contribution in [0.25, 0.3) is 0 Å². The van der Waals surface area contributed by atoms with E-state index in [0.717, 1.165) is 24.8 Å². The second-order valence-electron chi connectivity index (χ2n) is 6.28. The molecule has 134 valence electrons. The van der Waals surface area contributed by atoms with Crippen molar-refractivity contribution < 1.29 is 13.2 Å². The lowest BCUT2D eigenvalue weighted by atomic mass is 10.0. The monoisotopic (exact) mass is 353 g/mol. The van der Waals surface area contributed by atoms with Crippen molar-refractivity contribution in [1.82, 2.24) is 13.9 Å². The van der Waals surface area contributed by atoms with Gasteiger partial charge in [-0.1, -0.05) is 36.8 Å². The third-order valence-electron chi connectivity index (χ3n) is 4.36. The van der Waals surface area contributed by atoms with Crippen LogP contribution in [0.2, 0.25) is 0 Å². The van der Waals surface area contributed by atoms with E-state index in [1.54, 1.807) is 11.4 Å². The van der Waals surface area contributed by atoms with Crippen LogP contribution in [-0.2, 0) is 21.5 Å². The average Bonchev–Trinajstić information content (AvgIpc) is 2.55. The van der Waals surface area contributed by atoms with Crippen molar-refractivity contribution in [1.29, 1.82) is 0 Å². The second-order valence-corrected chi connectivity index (χ2v) is 8.27. The first kappa shape index (κ1) is 18.9. The van der Waals surface area contributed by atoms with Gasteiger partial charge in [-0.15, -0.1) is 0 Å². The molecule has 0 spiro atoms. The Kier molecular flexibility index (Phi) is 6.77. The number of amides is 1. The molecule has 2 rings (SSSR count). The summed E-state index contributed by atoms with van der Waals surface area (Å²) in [5.41, 5.74) is 0.968. The maximum absolute atomic E-state index is 13.0. The molecule has 1 aliphatic rings. The summed E-state index contributed by atoms with van der Waals surface area (Å²) < 4.78 is 29.0. The van der Waals surface area contributed by atoms with E-state index >= 15 is 0 Å². The van der Waals surface area contributed by atoms with Crippen molar-refractivity contribution in [2.45, 2.75) is 45.2 Å². The summed E-state index contributed by atoms with van der Waals surface area (Å²) in [6, 6.07) is 9.54. The number of hydrogen-bond donors (Lipinski definition) is 1. The molecule has 0 unspecified atom stereocenters. The van der Waals surface area contributed by atoms with Gasteiger partial charge in [-0.25, -0.2) is 0 Å². The average molecular weight is 353 g/mol. The minimum atomic E-state index is -3.51. The van der Waals surface area contributed by atoms with E-state index in [1.807, 2.05) is 30.3 Å². The molecule has 1 atom stereocenters. The normalized spacial score (nSPS) is 19.4. The quantitative estimate of drug-likeness (QED) is 0.812. The molecule has 0 bridgehead atoms. The summed E-state index contributed by atoms with van der Waals surface area (Å²) >= 11 is 0. The van der Waals surface area contributed by atoms with Crippen LogP contribution in [0.15, 0.2) is 30.3 Å². The molecule has 1 heterocycles. The number of benzene rings is 1. The highest BCUT2D eigenvalue weighted by Gasteiger charge is 2.34. The number of rotatable bonds is 7. The Labute approximate surface area is 145 Å². The molecule has 0 saturated carbocycles. The van der Waals surface area contributed by atoms with E-state index in [4.69, 9.17) is 0 Å². The summed E-state index contributed by atoms with van der Waals surface area (Å²) in [5.74, 6) is -0.0820. The van der Waals surface area contributed by atoms with Gasteiger partial charge in [0.2, 0.25) is 5.91 Å². The van der Waals surface area contributed by atoms with Gasteiger partial charge in [-0.2, -0.15) is 17.0 Å². The zero-order valence-electron chi connectivity index (χ0n) is 14.4.